The van der Waals surface area contributed by atoms with Crippen molar-refractivity contribution in [2.45, 2.75) is 11.1 Å². The van der Waals surface area contributed by atoms with Crippen LogP contribution in [-0.2, 0) is 25.7 Å². The van der Waals surface area contributed by atoms with Gasteiger partial charge in [-0.15, -0.1) is 5.10 Å². The summed E-state index contributed by atoms with van der Waals surface area (Å²) in [4.78, 5) is 12.1. The van der Waals surface area contributed by atoms with Crippen LogP contribution in [-0.4, -0.2) is 69.4 Å². The Bertz CT molecular complexity index is 939. The van der Waals surface area contributed by atoms with Crippen molar-refractivity contribution in [2.75, 3.05) is 45.8 Å². The lowest BCUT2D eigenvalue weighted by Gasteiger charge is -2.21. The number of hydrogen-bond acceptors (Lipinski definition) is 8. The Morgan fingerprint density at radius 2 is 1.67 bits per heavy atom. The van der Waals surface area contributed by atoms with Crippen molar-refractivity contribution in [2.24, 2.45) is 0 Å². The molecule has 0 radical (unpaired) electrons. The zero-order chi connectivity index (χ0) is 22.4. The molecule has 0 unspecified atom stereocenters. The number of rotatable bonds is 10. The summed E-state index contributed by atoms with van der Waals surface area (Å²) in [6, 6.07) is 4.06. The molecule has 1 amide bonds. The minimum Gasteiger partial charge on any atom is -0.399 e. The third-order valence-corrected chi connectivity index (χ3v) is 5.64. The van der Waals surface area contributed by atoms with Crippen LogP contribution < -0.4 is 5.32 Å². The van der Waals surface area contributed by atoms with E-state index in [2.05, 4.69) is 14.6 Å². The number of aromatic nitrogens is 2. The van der Waals surface area contributed by atoms with E-state index in [1.54, 1.807) is 0 Å². The average molecular weight is 452 g/mol. The number of carbonyl (C=O) groups is 1. The molecule has 0 atom stereocenters. The highest BCUT2D eigenvalue weighted by Gasteiger charge is 2.38. The van der Waals surface area contributed by atoms with Crippen LogP contribution in [0.3, 0.4) is 0 Å². The van der Waals surface area contributed by atoms with E-state index >= 15 is 0 Å². The lowest BCUT2D eigenvalue weighted by Crippen LogP contribution is -2.36. The van der Waals surface area contributed by atoms with Gasteiger partial charge in [-0.2, -0.15) is 17.5 Å². The summed E-state index contributed by atoms with van der Waals surface area (Å²) in [7, 11) is -1.00. The van der Waals surface area contributed by atoms with Crippen molar-refractivity contribution in [3.8, 4) is 0 Å². The normalized spacial score (nSPS) is 12.3. The van der Waals surface area contributed by atoms with Crippen LogP contribution in [0.4, 0.5) is 19.2 Å². The Morgan fingerprint density at radius 1 is 1.10 bits per heavy atom. The second-order valence-electron chi connectivity index (χ2n) is 5.78. The first-order valence-corrected chi connectivity index (χ1v) is 9.83. The second kappa shape index (κ2) is 9.97. The van der Waals surface area contributed by atoms with E-state index in [1.807, 2.05) is 5.32 Å². The number of alkyl halides is 3. The van der Waals surface area contributed by atoms with E-state index in [1.165, 1.54) is 42.8 Å². The maximum absolute atomic E-state index is 12.8. The number of halogens is 3. The van der Waals surface area contributed by atoms with Crippen LogP contribution >= 0.6 is 0 Å². The van der Waals surface area contributed by atoms with Crippen LogP contribution in [0.25, 0.3) is 0 Å². The zero-order valence-corrected chi connectivity index (χ0v) is 16.8. The number of benzene rings is 1. The Hall–Kier alpha value is -2.55. The Labute approximate surface area is 170 Å². The van der Waals surface area contributed by atoms with Crippen LogP contribution in [0.5, 0.6) is 0 Å². The third-order valence-electron chi connectivity index (χ3n) is 3.73. The number of sulfonamides is 1. The van der Waals surface area contributed by atoms with Gasteiger partial charge in [-0.05, 0) is 24.3 Å². The van der Waals surface area contributed by atoms with E-state index in [0.717, 1.165) is 0 Å². The van der Waals surface area contributed by atoms with Crippen LogP contribution in [0.15, 0.2) is 33.6 Å². The highest BCUT2D eigenvalue weighted by atomic mass is 32.2. The molecule has 0 aliphatic heterocycles. The molecule has 0 spiro atoms. The number of anilines is 1. The Kier molecular flexibility index (Phi) is 7.89. The predicted molar refractivity (Wildman–Crippen MR) is 96.2 cm³/mol. The van der Waals surface area contributed by atoms with Crippen molar-refractivity contribution in [3.63, 3.8) is 0 Å². The molecule has 1 aromatic carbocycles. The maximum Gasteiger partial charge on any atom is 0.470 e. The molecule has 1 N–H and O–H groups in total. The van der Waals surface area contributed by atoms with Crippen molar-refractivity contribution in [1.82, 2.24) is 14.5 Å². The second-order valence-corrected chi connectivity index (χ2v) is 7.72. The van der Waals surface area contributed by atoms with Gasteiger partial charge in [-0.25, -0.2) is 8.42 Å². The quantitative estimate of drug-likeness (QED) is 0.577. The fourth-order valence-corrected chi connectivity index (χ4v) is 3.63. The minimum absolute atomic E-state index is 0.0268. The summed E-state index contributed by atoms with van der Waals surface area (Å²) in [6.07, 6.45) is -4.84. The lowest BCUT2D eigenvalue weighted by atomic mass is 10.2. The number of amides is 1. The monoisotopic (exact) mass is 452 g/mol. The van der Waals surface area contributed by atoms with Gasteiger partial charge < -0.3 is 13.9 Å². The number of nitrogens with one attached hydrogen (secondary N) is 1. The summed E-state index contributed by atoms with van der Waals surface area (Å²) in [5, 5.41) is 7.89. The molecule has 2 rings (SSSR count). The number of hydrogen-bond donors (Lipinski definition) is 1. The van der Waals surface area contributed by atoms with E-state index in [9.17, 15) is 26.4 Å². The molecule has 30 heavy (non-hydrogen) atoms. The molecule has 0 aliphatic carbocycles. The first kappa shape index (κ1) is 23.7. The molecular weight excluding hydrogens is 433 g/mol. The highest BCUT2D eigenvalue weighted by Crippen LogP contribution is 2.28. The molecule has 166 valence electrons. The first-order chi connectivity index (χ1) is 14.1. The Morgan fingerprint density at radius 3 is 2.13 bits per heavy atom. The van der Waals surface area contributed by atoms with Crippen LogP contribution in [0, 0.1) is 0 Å². The minimum atomic E-state index is -4.84. The van der Waals surface area contributed by atoms with Crippen molar-refractivity contribution < 1.29 is 40.3 Å². The van der Waals surface area contributed by atoms with Gasteiger partial charge in [0.2, 0.25) is 10.0 Å². The SMILES string of the molecule is COCCN(CCOC)S(=O)(=O)c1ccc(C(=O)Nc2nnc(C(F)(F)F)o2)cc1. The summed E-state index contributed by atoms with van der Waals surface area (Å²) in [5.74, 6) is -2.46. The largest absolute Gasteiger partial charge is 0.470 e. The molecule has 1 heterocycles. The van der Waals surface area contributed by atoms with Crippen molar-refractivity contribution in [1.29, 1.82) is 0 Å². The maximum atomic E-state index is 12.8. The fraction of sp³-hybridized carbons (Fsp3) is 0.438. The van der Waals surface area contributed by atoms with Gasteiger partial charge in [0.15, 0.2) is 0 Å². The van der Waals surface area contributed by atoms with Gasteiger partial charge in [0.25, 0.3) is 5.91 Å². The molecule has 0 aliphatic rings. The van der Waals surface area contributed by atoms with E-state index in [-0.39, 0.29) is 36.8 Å². The van der Waals surface area contributed by atoms with Gasteiger partial charge >= 0.3 is 18.1 Å². The zero-order valence-electron chi connectivity index (χ0n) is 16.0. The standard InChI is InChI=1S/C16H19F3N4O6S/c1-27-9-7-23(8-10-28-2)30(25,26)12-5-3-11(4-6-12)13(24)20-15-22-21-14(29-15)16(17,18)19/h3-6H,7-10H2,1-2H3,(H,20,22,24). The summed E-state index contributed by atoms with van der Waals surface area (Å²) in [6.45, 7) is 0.549. The molecule has 0 bridgehead atoms. The molecule has 0 saturated heterocycles. The van der Waals surface area contributed by atoms with E-state index in [4.69, 9.17) is 9.47 Å². The summed E-state index contributed by atoms with van der Waals surface area (Å²) < 4.78 is 78.3. The number of methoxy groups -OCH3 is 2. The number of carbonyl (C=O) groups excluding carboxylic acids is 1. The summed E-state index contributed by atoms with van der Waals surface area (Å²) >= 11 is 0. The summed E-state index contributed by atoms with van der Waals surface area (Å²) in [5.41, 5.74) is -0.0268. The van der Waals surface area contributed by atoms with E-state index < -0.39 is 34.0 Å². The Balaban J connectivity index is 2.13. The van der Waals surface area contributed by atoms with Crippen LogP contribution in [0.1, 0.15) is 16.2 Å². The average Bonchev–Trinajstić information content (AvgIpc) is 3.17. The molecule has 10 nitrogen and oxygen atoms in total. The fourth-order valence-electron chi connectivity index (χ4n) is 2.22. The van der Waals surface area contributed by atoms with Crippen molar-refractivity contribution >= 4 is 21.9 Å². The van der Waals surface area contributed by atoms with E-state index in [0.29, 0.717) is 0 Å². The van der Waals surface area contributed by atoms with Crippen molar-refractivity contribution in [3.05, 3.63) is 35.7 Å². The molecule has 14 heteroatoms. The van der Waals surface area contributed by atoms with Gasteiger partial charge in [0.05, 0.1) is 18.1 Å². The van der Waals surface area contributed by atoms with Crippen LogP contribution in [0.2, 0.25) is 0 Å². The molecule has 2 aromatic rings. The highest BCUT2D eigenvalue weighted by molar-refractivity contribution is 7.89. The van der Waals surface area contributed by atoms with Gasteiger partial charge in [0.1, 0.15) is 0 Å². The van der Waals surface area contributed by atoms with Gasteiger partial charge in [0, 0.05) is 32.9 Å². The first-order valence-electron chi connectivity index (χ1n) is 8.39. The molecular formula is C16H19F3N4O6S. The smallest absolute Gasteiger partial charge is 0.399 e. The molecule has 1 aromatic heterocycles. The topological polar surface area (TPSA) is 124 Å². The number of ether oxygens (including phenoxy) is 2. The van der Waals surface area contributed by atoms with Gasteiger partial charge in [-0.3, -0.25) is 10.1 Å². The predicted octanol–water partition coefficient (Wildman–Crippen LogP) is 1.62. The lowest BCUT2D eigenvalue weighted by molar-refractivity contribution is -0.156. The third kappa shape index (κ3) is 5.98. The van der Waals surface area contributed by atoms with Gasteiger partial charge in [-0.1, -0.05) is 5.10 Å². The molecule has 0 saturated carbocycles. The molecule has 0 fully saturated rings. The number of nitrogens with zero attached hydrogens (tertiary/aromatic N) is 3.